The molecule has 46 heavy (non-hydrogen) atoms. The molecule has 0 saturated carbocycles. The number of methoxy groups -OCH3 is 2. The van der Waals surface area contributed by atoms with Gasteiger partial charge < -0.3 is 24.3 Å². The minimum absolute atomic E-state index is 0.0534. The minimum atomic E-state index is -3.14. The standard InChI is InChI=1S/C31H33ClF2N4O8/c1-31(2,3)46-30(42)38-23-14-18(8-9-19(23)28(41)36(38)4)35-27(40)22(11-12-43-5)37-16-25(44-6)21(15-26(37)39)20-13-17(32)7-10-24(20)45-29(33)34/h7-10,13-16,22,29H,11-12H2,1-6H3,(H,35,40). The monoisotopic (exact) mass is 662 g/mol. The Hall–Kier alpha value is -4.69. The van der Waals surface area contributed by atoms with Crippen molar-refractivity contribution in [3.8, 4) is 22.6 Å². The highest BCUT2D eigenvalue weighted by molar-refractivity contribution is 6.31. The second-order valence-corrected chi connectivity index (χ2v) is 11.6. The van der Waals surface area contributed by atoms with Crippen molar-refractivity contribution in [2.45, 2.75) is 45.4 Å². The number of carbonyl (C=O) groups excluding carboxylic acids is 2. The van der Waals surface area contributed by atoms with Gasteiger partial charge in [0.25, 0.3) is 11.1 Å². The molecule has 0 bridgehead atoms. The average Bonchev–Trinajstić information content (AvgIpc) is 3.22. The number of pyridine rings is 1. The van der Waals surface area contributed by atoms with Gasteiger partial charge in [-0.15, -0.1) is 0 Å². The summed E-state index contributed by atoms with van der Waals surface area (Å²) >= 11 is 6.12. The lowest BCUT2D eigenvalue weighted by molar-refractivity contribution is -0.119. The Balaban J connectivity index is 1.75. The van der Waals surface area contributed by atoms with Gasteiger partial charge >= 0.3 is 12.7 Å². The predicted octanol–water partition coefficient (Wildman–Crippen LogP) is 5.43. The average molecular weight is 663 g/mol. The van der Waals surface area contributed by atoms with Gasteiger partial charge in [0.15, 0.2) is 0 Å². The van der Waals surface area contributed by atoms with Crippen LogP contribution in [-0.4, -0.2) is 59.0 Å². The fraction of sp³-hybridized carbons (Fsp3) is 0.355. The van der Waals surface area contributed by atoms with Crippen molar-refractivity contribution >= 4 is 40.2 Å². The molecule has 2 heterocycles. The lowest BCUT2D eigenvalue weighted by atomic mass is 10.0. The number of anilines is 1. The van der Waals surface area contributed by atoms with Crippen molar-refractivity contribution in [2.75, 3.05) is 26.1 Å². The van der Waals surface area contributed by atoms with Crippen LogP contribution in [0.2, 0.25) is 5.02 Å². The molecule has 4 rings (SSSR count). The molecule has 12 nitrogen and oxygen atoms in total. The lowest BCUT2D eigenvalue weighted by Crippen LogP contribution is -2.34. The number of fused-ring (bicyclic) bond motifs is 1. The van der Waals surface area contributed by atoms with Crippen LogP contribution < -0.4 is 25.9 Å². The summed E-state index contributed by atoms with van der Waals surface area (Å²) < 4.78 is 50.3. The first-order valence-electron chi connectivity index (χ1n) is 13.9. The topological polar surface area (TPSA) is 132 Å². The first-order chi connectivity index (χ1) is 21.6. The van der Waals surface area contributed by atoms with E-state index in [1.807, 2.05) is 0 Å². The van der Waals surface area contributed by atoms with Gasteiger partial charge in [0.05, 0.1) is 24.2 Å². The maximum absolute atomic E-state index is 13.7. The second-order valence-electron chi connectivity index (χ2n) is 11.2. The van der Waals surface area contributed by atoms with Gasteiger partial charge in [-0.2, -0.15) is 13.5 Å². The molecule has 0 aliphatic carbocycles. The number of nitrogens with one attached hydrogen (secondary N) is 1. The molecule has 0 aliphatic heterocycles. The Morgan fingerprint density at radius 1 is 1.00 bits per heavy atom. The van der Waals surface area contributed by atoms with Crippen LogP contribution in [0.1, 0.15) is 33.2 Å². The summed E-state index contributed by atoms with van der Waals surface area (Å²) in [7, 11) is 4.17. The number of amides is 1. The van der Waals surface area contributed by atoms with Gasteiger partial charge in [-0.05, 0) is 57.2 Å². The van der Waals surface area contributed by atoms with E-state index in [-0.39, 0.29) is 57.3 Å². The maximum Gasteiger partial charge on any atom is 0.434 e. The molecule has 1 amide bonds. The number of nitrogens with zero attached hydrogens (tertiary/aromatic N) is 3. The van der Waals surface area contributed by atoms with Gasteiger partial charge in [0, 0.05) is 55.1 Å². The molecule has 1 N–H and O–H groups in total. The molecule has 0 aliphatic rings. The van der Waals surface area contributed by atoms with Crippen LogP contribution in [0.15, 0.2) is 58.3 Å². The number of aromatic nitrogens is 3. The van der Waals surface area contributed by atoms with Crippen LogP contribution >= 0.6 is 11.6 Å². The Bertz CT molecular complexity index is 1890. The fourth-order valence-corrected chi connectivity index (χ4v) is 5.00. The molecule has 2 aromatic heterocycles. The van der Waals surface area contributed by atoms with Gasteiger partial charge in [0.2, 0.25) is 5.91 Å². The van der Waals surface area contributed by atoms with Crippen molar-refractivity contribution < 1.29 is 37.3 Å². The Kier molecular flexibility index (Phi) is 10.2. The molecule has 0 fully saturated rings. The molecule has 1 unspecified atom stereocenters. The van der Waals surface area contributed by atoms with Crippen LogP contribution in [-0.2, 0) is 21.3 Å². The number of ether oxygens (including phenoxy) is 4. The first kappa shape index (κ1) is 34.2. The van der Waals surface area contributed by atoms with E-state index in [9.17, 15) is 28.0 Å². The zero-order valence-electron chi connectivity index (χ0n) is 25.9. The maximum atomic E-state index is 13.7. The van der Waals surface area contributed by atoms with Crippen LogP contribution in [0.3, 0.4) is 0 Å². The fourth-order valence-electron chi connectivity index (χ4n) is 4.83. The number of benzene rings is 2. The largest absolute Gasteiger partial charge is 0.495 e. The van der Waals surface area contributed by atoms with Gasteiger partial charge in [-0.25, -0.2) is 9.48 Å². The third kappa shape index (κ3) is 7.40. The Labute approximate surface area is 267 Å². The highest BCUT2D eigenvalue weighted by Gasteiger charge is 2.27. The number of rotatable bonds is 10. The third-order valence-corrected chi connectivity index (χ3v) is 7.06. The predicted molar refractivity (Wildman–Crippen MR) is 167 cm³/mol. The molecule has 1 atom stereocenters. The summed E-state index contributed by atoms with van der Waals surface area (Å²) in [5.41, 5.74) is -1.32. The van der Waals surface area contributed by atoms with E-state index in [1.165, 1.54) is 63.9 Å². The van der Waals surface area contributed by atoms with E-state index in [4.69, 9.17) is 25.8 Å². The highest BCUT2D eigenvalue weighted by atomic mass is 35.5. The highest BCUT2D eigenvalue weighted by Crippen LogP contribution is 2.38. The molecule has 4 aromatic rings. The number of hydrogen-bond donors (Lipinski definition) is 1. The molecule has 0 saturated heterocycles. The minimum Gasteiger partial charge on any atom is -0.495 e. The zero-order chi connectivity index (χ0) is 33.9. The number of hydrogen-bond acceptors (Lipinski definition) is 8. The van der Waals surface area contributed by atoms with Crippen molar-refractivity contribution in [3.63, 3.8) is 0 Å². The summed E-state index contributed by atoms with van der Waals surface area (Å²) in [6, 6.07) is 8.36. The molecule has 246 valence electrons. The zero-order valence-corrected chi connectivity index (χ0v) is 26.7. The van der Waals surface area contributed by atoms with Crippen molar-refractivity contribution in [3.05, 3.63) is 74.4 Å². The summed E-state index contributed by atoms with van der Waals surface area (Å²) in [4.78, 5) is 53.0. The third-order valence-electron chi connectivity index (χ3n) is 6.83. The smallest absolute Gasteiger partial charge is 0.434 e. The summed E-state index contributed by atoms with van der Waals surface area (Å²) in [6.07, 6.45) is 0.548. The number of carbonyl (C=O) groups is 2. The first-order valence-corrected chi connectivity index (χ1v) is 14.3. The van der Waals surface area contributed by atoms with Gasteiger partial charge in [-0.1, -0.05) is 11.6 Å². The van der Waals surface area contributed by atoms with E-state index in [0.717, 1.165) is 20.0 Å². The summed E-state index contributed by atoms with van der Waals surface area (Å²) in [6.45, 7) is 2.02. The number of alkyl halides is 2. The molecular weight excluding hydrogens is 630 g/mol. The SMILES string of the molecule is COCCC(C(=O)Nc1ccc2c(=O)n(C)n(C(=O)OC(C)(C)C)c2c1)n1cc(OC)c(-c2cc(Cl)ccc2OC(F)F)cc1=O. The van der Waals surface area contributed by atoms with E-state index in [2.05, 4.69) is 10.1 Å². The molecule has 15 heteroatoms. The number of halogens is 3. The van der Waals surface area contributed by atoms with Crippen molar-refractivity contribution in [1.82, 2.24) is 13.9 Å². The van der Waals surface area contributed by atoms with Crippen LogP contribution in [0.25, 0.3) is 22.0 Å². The van der Waals surface area contributed by atoms with Crippen molar-refractivity contribution in [2.24, 2.45) is 7.05 Å². The van der Waals surface area contributed by atoms with E-state index < -0.39 is 41.4 Å². The molecule has 0 radical (unpaired) electrons. The lowest BCUT2D eigenvalue weighted by Gasteiger charge is -2.22. The molecular formula is C31H33ClF2N4O8. The van der Waals surface area contributed by atoms with Crippen LogP contribution in [0.5, 0.6) is 11.5 Å². The van der Waals surface area contributed by atoms with Crippen molar-refractivity contribution in [1.29, 1.82) is 0 Å². The normalized spacial score (nSPS) is 12.3. The van der Waals surface area contributed by atoms with E-state index >= 15 is 0 Å². The van der Waals surface area contributed by atoms with Gasteiger partial charge in [0.1, 0.15) is 23.1 Å². The molecule has 0 spiro atoms. The van der Waals surface area contributed by atoms with Crippen LogP contribution in [0.4, 0.5) is 19.3 Å². The Morgan fingerprint density at radius 2 is 1.70 bits per heavy atom. The van der Waals surface area contributed by atoms with Gasteiger partial charge in [-0.3, -0.25) is 19.0 Å². The van der Waals surface area contributed by atoms with Crippen LogP contribution in [0, 0.1) is 0 Å². The van der Waals surface area contributed by atoms with E-state index in [1.54, 1.807) is 20.8 Å². The second kappa shape index (κ2) is 13.7. The molecule has 2 aromatic carbocycles. The summed E-state index contributed by atoms with van der Waals surface area (Å²) in [5, 5.41) is 3.16. The Morgan fingerprint density at radius 3 is 2.33 bits per heavy atom. The van der Waals surface area contributed by atoms with E-state index in [0.29, 0.717) is 0 Å². The quantitative estimate of drug-likeness (QED) is 0.238. The summed E-state index contributed by atoms with van der Waals surface area (Å²) in [5.74, 6) is -0.784.